The fourth-order valence-corrected chi connectivity index (χ4v) is 3.74. The lowest BCUT2D eigenvalue weighted by atomic mass is 9.75. The summed E-state index contributed by atoms with van der Waals surface area (Å²) in [5.41, 5.74) is 0.604. The summed E-state index contributed by atoms with van der Waals surface area (Å²) in [5, 5.41) is 1.18. The van der Waals surface area contributed by atoms with Crippen LogP contribution in [-0.4, -0.2) is 29.9 Å². The molecule has 1 saturated carbocycles. The van der Waals surface area contributed by atoms with Crippen LogP contribution in [-0.2, 0) is 0 Å². The quantitative estimate of drug-likeness (QED) is 0.346. The molecule has 0 atom stereocenters. The molecule has 0 aliphatic heterocycles. The van der Waals surface area contributed by atoms with E-state index in [-0.39, 0.29) is 0 Å². The van der Waals surface area contributed by atoms with E-state index in [9.17, 15) is 0 Å². The summed E-state index contributed by atoms with van der Waals surface area (Å²) in [6.07, 6.45) is 15.5. The van der Waals surface area contributed by atoms with Crippen molar-refractivity contribution in [2.75, 3.05) is 18.9 Å². The number of hydrogen-bond donors (Lipinski definition) is 0. The van der Waals surface area contributed by atoms with Crippen molar-refractivity contribution in [3.05, 3.63) is 0 Å². The van der Waals surface area contributed by atoms with Crippen LogP contribution < -0.4 is 0 Å². The lowest BCUT2D eigenvalue weighted by Gasteiger charge is -2.38. The molecule has 0 N–H and O–H groups in total. The molecule has 0 radical (unpaired) electrons. The Morgan fingerprint density at radius 3 is 1.95 bits per heavy atom. The molecule has 0 saturated heterocycles. The van der Waals surface area contributed by atoms with Crippen molar-refractivity contribution in [2.45, 2.75) is 90.5 Å². The highest BCUT2D eigenvalue weighted by Crippen LogP contribution is 2.36. The zero-order valence-corrected chi connectivity index (χ0v) is 15.7. The van der Waals surface area contributed by atoms with Crippen molar-refractivity contribution >= 4 is 15.9 Å². The highest BCUT2D eigenvalue weighted by atomic mass is 79.9. The van der Waals surface area contributed by atoms with E-state index in [1.54, 1.807) is 0 Å². The number of hydrogen-bond acceptors (Lipinski definition) is 1. The predicted molar refractivity (Wildman–Crippen MR) is 94.8 cm³/mol. The Balaban J connectivity index is 1.96. The van der Waals surface area contributed by atoms with E-state index in [4.69, 9.17) is 0 Å². The topological polar surface area (TPSA) is 3.24 Å². The lowest BCUT2D eigenvalue weighted by Crippen LogP contribution is -2.37. The molecule has 0 spiro atoms. The molecule has 20 heavy (non-hydrogen) atoms. The smallest absolute Gasteiger partial charge is 0.00926 e. The summed E-state index contributed by atoms with van der Waals surface area (Å²) >= 11 is 3.50. The van der Waals surface area contributed by atoms with Crippen LogP contribution in [0.4, 0.5) is 0 Å². The third-order valence-corrected chi connectivity index (χ3v) is 5.64. The molecule has 0 heterocycles. The molecule has 1 aliphatic carbocycles. The van der Waals surface area contributed by atoms with Crippen molar-refractivity contribution in [3.63, 3.8) is 0 Å². The summed E-state index contributed by atoms with van der Waals surface area (Å²) in [6.45, 7) is 6.17. The van der Waals surface area contributed by atoms with Gasteiger partial charge >= 0.3 is 0 Å². The third kappa shape index (κ3) is 8.02. The van der Waals surface area contributed by atoms with E-state index in [1.807, 2.05) is 0 Å². The van der Waals surface area contributed by atoms with Crippen LogP contribution in [0.2, 0.25) is 0 Å². The normalized spacial score (nSPS) is 19.6. The maximum atomic E-state index is 3.50. The number of alkyl halides is 1. The molecule has 0 aromatic carbocycles. The average molecular weight is 346 g/mol. The van der Waals surface area contributed by atoms with Gasteiger partial charge in [-0.15, -0.1) is 0 Å². The molecular formula is C18H36BrN. The van der Waals surface area contributed by atoms with Crippen LogP contribution in [0.25, 0.3) is 0 Å². The van der Waals surface area contributed by atoms with Gasteiger partial charge in [-0.1, -0.05) is 61.9 Å². The fraction of sp³-hybridized carbons (Fsp3) is 1.00. The summed E-state index contributed by atoms with van der Waals surface area (Å²) < 4.78 is 0. The number of rotatable bonds is 10. The molecule has 0 aromatic rings. The molecular weight excluding hydrogens is 310 g/mol. The Kier molecular flexibility index (Phi) is 9.44. The van der Waals surface area contributed by atoms with Crippen LogP contribution >= 0.6 is 15.9 Å². The first kappa shape index (κ1) is 18.5. The van der Waals surface area contributed by atoms with Gasteiger partial charge in [0.15, 0.2) is 0 Å². The maximum Gasteiger partial charge on any atom is 0.00926 e. The van der Waals surface area contributed by atoms with Crippen LogP contribution in [0.15, 0.2) is 0 Å². The summed E-state index contributed by atoms with van der Waals surface area (Å²) in [6, 6.07) is 0.863. The first-order valence-electron chi connectivity index (χ1n) is 8.81. The average Bonchev–Trinajstić information content (AvgIpc) is 2.41. The second kappa shape index (κ2) is 10.2. The Morgan fingerprint density at radius 2 is 1.40 bits per heavy atom. The highest BCUT2D eigenvalue weighted by Gasteiger charge is 2.28. The van der Waals surface area contributed by atoms with Gasteiger partial charge in [-0.3, -0.25) is 0 Å². The molecule has 1 aliphatic rings. The van der Waals surface area contributed by atoms with E-state index >= 15 is 0 Å². The molecule has 0 unspecified atom stereocenters. The summed E-state index contributed by atoms with van der Waals surface area (Å²) in [7, 11) is 2.35. The minimum Gasteiger partial charge on any atom is -0.303 e. The zero-order valence-electron chi connectivity index (χ0n) is 14.1. The van der Waals surface area contributed by atoms with Crippen LogP contribution in [0, 0.1) is 5.41 Å². The molecule has 2 heteroatoms. The fourth-order valence-electron chi connectivity index (χ4n) is 3.35. The van der Waals surface area contributed by atoms with E-state index in [2.05, 4.69) is 41.7 Å². The summed E-state index contributed by atoms with van der Waals surface area (Å²) in [4.78, 5) is 2.64. The predicted octanol–water partition coefficient (Wildman–Crippen LogP) is 6.01. The monoisotopic (exact) mass is 345 g/mol. The second-order valence-corrected chi connectivity index (χ2v) is 8.33. The third-order valence-electron chi connectivity index (χ3n) is 5.08. The molecule has 1 fully saturated rings. The Bertz CT molecular complexity index is 230. The second-order valence-electron chi connectivity index (χ2n) is 7.54. The van der Waals surface area contributed by atoms with Crippen molar-refractivity contribution in [1.82, 2.24) is 4.90 Å². The van der Waals surface area contributed by atoms with Gasteiger partial charge in [0, 0.05) is 11.4 Å². The zero-order chi connectivity index (χ0) is 14.8. The largest absolute Gasteiger partial charge is 0.303 e. The molecule has 0 bridgehead atoms. The van der Waals surface area contributed by atoms with Crippen molar-refractivity contribution in [2.24, 2.45) is 5.41 Å². The van der Waals surface area contributed by atoms with E-state index in [0.29, 0.717) is 5.41 Å². The van der Waals surface area contributed by atoms with Crippen molar-refractivity contribution in [3.8, 4) is 0 Å². The van der Waals surface area contributed by atoms with E-state index in [0.717, 1.165) is 6.04 Å². The molecule has 0 aromatic heterocycles. The van der Waals surface area contributed by atoms with E-state index < -0.39 is 0 Å². The number of halogens is 1. The van der Waals surface area contributed by atoms with Crippen LogP contribution in [0.5, 0.6) is 0 Å². The molecule has 120 valence electrons. The molecule has 1 nitrogen and oxygen atoms in total. The first-order valence-corrected chi connectivity index (χ1v) is 9.93. The van der Waals surface area contributed by atoms with Gasteiger partial charge < -0.3 is 4.90 Å². The van der Waals surface area contributed by atoms with Crippen molar-refractivity contribution in [1.29, 1.82) is 0 Å². The van der Waals surface area contributed by atoms with Gasteiger partial charge in [0.25, 0.3) is 0 Å². The minimum atomic E-state index is 0.604. The Hall–Kier alpha value is 0.440. The van der Waals surface area contributed by atoms with E-state index in [1.165, 1.54) is 82.5 Å². The van der Waals surface area contributed by atoms with Gasteiger partial charge in [0.2, 0.25) is 0 Å². The molecule has 0 amide bonds. The SMILES string of the molecule is CN(CCCCCCCCCBr)C1CCC(C)(C)CC1. The van der Waals surface area contributed by atoms with Crippen molar-refractivity contribution < 1.29 is 0 Å². The first-order chi connectivity index (χ1) is 9.55. The maximum absolute atomic E-state index is 3.50. The standard InChI is InChI=1S/C18H36BrN/c1-18(2)13-11-17(12-14-18)20(3)16-10-8-6-4-5-7-9-15-19/h17H,4-16H2,1-3H3. The number of unbranched alkanes of at least 4 members (excludes halogenated alkanes) is 6. The lowest BCUT2D eigenvalue weighted by molar-refractivity contribution is 0.126. The summed E-state index contributed by atoms with van der Waals surface area (Å²) in [5.74, 6) is 0. The number of nitrogens with zero attached hydrogens (tertiary/aromatic N) is 1. The van der Waals surface area contributed by atoms with Gasteiger partial charge in [-0.2, -0.15) is 0 Å². The highest BCUT2D eigenvalue weighted by molar-refractivity contribution is 9.09. The van der Waals surface area contributed by atoms with Crippen LogP contribution in [0.3, 0.4) is 0 Å². The Morgan fingerprint density at radius 1 is 0.900 bits per heavy atom. The van der Waals surface area contributed by atoms with Crippen LogP contribution in [0.1, 0.15) is 84.5 Å². The van der Waals surface area contributed by atoms with Gasteiger partial charge in [-0.05, 0) is 57.5 Å². The Labute approximate surface area is 136 Å². The van der Waals surface area contributed by atoms with Gasteiger partial charge in [0.1, 0.15) is 0 Å². The molecule has 1 rings (SSSR count). The van der Waals surface area contributed by atoms with Gasteiger partial charge in [-0.25, -0.2) is 0 Å². The van der Waals surface area contributed by atoms with Gasteiger partial charge in [0.05, 0.1) is 0 Å². The minimum absolute atomic E-state index is 0.604.